The molecule has 320 valence electrons. The fourth-order valence-corrected chi connectivity index (χ4v) is 8.94. The fraction of sp³-hybridized carbons (Fsp3) is 0.217. The minimum Gasteiger partial charge on any atom is -0.508 e. The number of aliphatic hydroxyl groups excluding tert-OH is 3. The van der Waals surface area contributed by atoms with Gasteiger partial charge in [0.2, 0.25) is 0 Å². The smallest absolute Gasteiger partial charge is 0.160 e. The number of rotatable bonds is 6. The van der Waals surface area contributed by atoms with Crippen molar-refractivity contribution in [2.75, 3.05) is 7.11 Å². The van der Waals surface area contributed by atoms with Gasteiger partial charge in [-0.05, 0) is 65.2 Å². The largest absolute Gasteiger partial charge is 0.508 e. The molecule has 3 aliphatic heterocycles. The van der Waals surface area contributed by atoms with E-state index in [0.29, 0.717) is 5.56 Å². The molecule has 3 aliphatic rings. The van der Waals surface area contributed by atoms with E-state index >= 15 is 0 Å². The van der Waals surface area contributed by atoms with E-state index in [1.165, 1.54) is 79.9 Å². The summed E-state index contributed by atoms with van der Waals surface area (Å²) in [6.45, 7) is 0. The summed E-state index contributed by atoms with van der Waals surface area (Å²) >= 11 is 0. The Labute approximate surface area is 351 Å². The number of phenols is 9. The molecule has 0 amide bonds. The van der Waals surface area contributed by atoms with E-state index in [4.69, 9.17) is 18.9 Å². The third kappa shape index (κ3) is 6.43. The van der Waals surface area contributed by atoms with Crippen LogP contribution in [0.15, 0.2) is 91.0 Å². The van der Waals surface area contributed by atoms with E-state index < -0.39 is 83.0 Å². The lowest BCUT2D eigenvalue weighted by molar-refractivity contribution is -0.0171. The summed E-state index contributed by atoms with van der Waals surface area (Å²) in [5.41, 5.74) is 1.06. The summed E-state index contributed by atoms with van der Waals surface area (Å²) in [6, 6.07) is 19.4. The number of methoxy groups -OCH3 is 1. The van der Waals surface area contributed by atoms with Crippen molar-refractivity contribution in [2.45, 2.75) is 54.9 Å². The van der Waals surface area contributed by atoms with Gasteiger partial charge in [0.05, 0.1) is 13.2 Å². The summed E-state index contributed by atoms with van der Waals surface area (Å²) in [5, 5.41) is 133. The molecule has 0 radical (unpaired) electrons. The Kier molecular flexibility index (Phi) is 9.65. The SMILES string of the molecule is COc1ccc([C@H]2Oc3c(c4c(c5c3[C@H](c3ccc(O)cc3O)[C@H](O)[C@@H](c3ccc(O)c(O)c3)O5)[C@H](c3ccc(O)cc3O)[C@H](O)[C@@H](c3ccc(O)c(O)c3)O4)C[C@@H]2O)cc1O. The molecule has 62 heavy (non-hydrogen) atoms. The molecule has 12 N–H and O–H groups in total. The molecule has 0 unspecified atom stereocenters. The van der Waals surface area contributed by atoms with Gasteiger partial charge in [-0.3, -0.25) is 0 Å². The number of hydrogen-bond acceptors (Lipinski definition) is 16. The molecule has 9 rings (SSSR count). The molecule has 6 aromatic carbocycles. The van der Waals surface area contributed by atoms with Crippen LogP contribution in [0, 0.1) is 0 Å². The van der Waals surface area contributed by atoms with Crippen LogP contribution in [-0.2, 0) is 6.42 Å². The first-order valence-electron chi connectivity index (χ1n) is 19.4. The molecule has 0 fully saturated rings. The molecule has 6 aromatic rings. The molecule has 16 heteroatoms. The van der Waals surface area contributed by atoms with Crippen molar-refractivity contribution < 1.29 is 80.2 Å². The predicted octanol–water partition coefficient (Wildman–Crippen LogP) is 5.34. The molecule has 16 nitrogen and oxygen atoms in total. The highest BCUT2D eigenvalue weighted by molar-refractivity contribution is 5.72. The van der Waals surface area contributed by atoms with Crippen molar-refractivity contribution in [1.29, 1.82) is 0 Å². The molecule has 0 saturated heterocycles. The first kappa shape index (κ1) is 40.0. The second-order valence-corrected chi connectivity index (χ2v) is 15.5. The summed E-state index contributed by atoms with van der Waals surface area (Å²) in [5.74, 6) is -6.42. The molecule has 0 aliphatic carbocycles. The lowest BCUT2D eigenvalue weighted by atomic mass is 9.72. The Morgan fingerprint density at radius 2 is 0.887 bits per heavy atom. The highest BCUT2D eigenvalue weighted by Gasteiger charge is 2.52. The normalized spacial score (nSPS) is 23.7. The molecule has 0 spiro atoms. The number of aliphatic hydroxyl groups is 3. The second-order valence-electron chi connectivity index (χ2n) is 15.5. The van der Waals surface area contributed by atoms with Crippen molar-refractivity contribution in [3.8, 4) is 74.7 Å². The van der Waals surface area contributed by atoms with Crippen LogP contribution in [0.1, 0.15) is 74.7 Å². The van der Waals surface area contributed by atoms with E-state index in [0.717, 1.165) is 12.1 Å². The Hall–Kier alpha value is -7.40. The van der Waals surface area contributed by atoms with Gasteiger partial charge >= 0.3 is 0 Å². The van der Waals surface area contributed by atoms with Gasteiger partial charge in [-0.15, -0.1) is 0 Å². The van der Waals surface area contributed by atoms with Crippen LogP contribution in [0.25, 0.3) is 0 Å². The topological polar surface area (TPSA) is 280 Å². The molecular weight excluding hydrogens is 808 g/mol. The van der Waals surface area contributed by atoms with Crippen LogP contribution in [0.5, 0.6) is 74.7 Å². The Morgan fingerprint density at radius 3 is 1.34 bits per heavy atom. The molecule has 3 heterocycles. The minimum absolute atomic E-state index is 0.00902. The van der Waals surface area contributed by atoms with Gasteiger partial charge in [0.1, 0.15) is 58.6 Å². The molecule has 0 aromatic heterocycles. The Bertz CT molecular complexity index is 2750. The van der Waals surface area contributed by atoms with Crippen LogP contribution in [0.3, 0.4) is 0 Å². The zero-order valence-corrected chi connectivity index (χ0v) is 32.5. The highest BCUT2D eigenvalue weighted by atomic mass is 16.5. The zero-order chi connectivity index (χ0) is 43.9. The number of ether oxygens (including phenoxy) is 4. The van der Waals surface area contributed by atoms with E-state index in [1.807, 2.05) is 0 Å². The summed E-state index contributed by atoms with van der Waals surface area (Å²) in [4.78, 5) is 0. The van der Waals surface area contributed by atoms with Gasteiger partial charge in [0, 0.05) is 58.2 Å². The van der Waals surface area contributed by atoms with E-state index in [9.17, 15) is 61.3 Å². The predicted molar refractivity (Wildman–Crippen MR) is 216 cm³/mol. The lowest BCUT2D eigenvalue weighted by Gasteiger charge is -2.46. The summed E-state index contributed by atoms with van der Waals surface area (Å²) in [6.07, 6.45) is -8.87. The van der Waals surface area contributed by atoms with Gasteiger partial charge in [0.15, 0.2) is 46.7 Å². The van der Waals surface area contributed by atoms with Gasteiger partial charge < -0.3 is 80.2 Å². The van der Waals surface area contributed by atoms with Crippen LogP contribution in [0.2, 0.25) is 0 Å². The zero-order valence-electron chi connectivity index (χ0n) is 32.5. The minimum atomic E-state index is -1.65. The van der Waals surface area contributed by atoms with Crippen LogP contribution >= 0.6 is 0 Å². The number of fused-ring (bicyclic) bond motifs is 6. The van der Waals surface area contributed by atoms with Crippen LogP contribution in [0.4, 0.5) is 0 Å². The Morgan fingerprint density at radius 1 is 0.452 bits per heavy atom. The third-order valence-corrected chi connectivity index (χ3v) is 11.8. The van der Waals surface area contributed by atoms with Gasteiger partial charge in [0.25, 0.3) is 0 Å². The molecule has 0 bridgehead atoms. The van der Waals surface area contributed by atoms with Crippen LogP contribution < -0.4 is 18.9 Å². The maximum Gasteiger partial charge on any atom is 0.160 e. The maximum atomic E-state index is 12.5. The van der Waals surface area contributed by atoms with Crippen molar-refractivity contribution in [3.63, 3.8) is 0 Å². The average molecular weight is 849 g/mol. The molecular formula is C46H40O16. The van der Waals surface area contributed by atoms with Gasteiger partial charge in [-0.25, -0.2) is 0 Å². The number of hydrogen-bond donors (Lipinski definition) is 12. The van der Waals surface area contributed by atoms with Crippen molar-refractivity contribution in [1.82, 2.24) is 0 Å². The van der Waals surface area contributed by atoms with Crippen molar-refractivity contribution >= 4 is 0 Å². The van der Waals surface area contributed by atoms with Crippen LogP contribution in [-0.4, -0.2) is 86.7 Å². The fourth-order valence-electron chi connectivity index (χ4n) is 8.94. The Balaban J connectivity index is 1.38. The first-order valence-corrected chi connectivity index (χ1v) is 19.4. The monoisotopic (exact) mass is 848 g/mol. The number of benzene rings is 6. The second kappa shape index (κ2) is 14.9. The third-order valence-electron chi connectivity index (χ3n) is 11.8. The van der Waals surface area contributed by atoms with E-state index in [-0.39, 0.29) is 85.6 Å². The van der Waals surface area contributed by atoms with E-state index in [1.54, 1.807) is 6.07 Å². The first-order chi connectivity index (χ1) is 29.6. The summed E-state index contributed by atoms with van der Waals surface area (Å²) in [7, 11) is 1.37. The van der Waals surface area contributed by atoms with Crippen molar-refractivity contribution in [2.24, 2.45) is 0 Å². The highest BCUT2D eigenvalue weighted by Crippen LogP contribution is 2.63. The molecule has 8 atom stereocenters. The summed E-state index contributed by atoms with van der Waals surface area (Å²) < 4.78 is 25.5. The average Bonchev–Trinajstić information content (AvgIpc) is 3.23. The number of phenolic OH excluding ortho intramolecular Hbond substituents is 9. The van der Waals surface area contributed by atoms with Gasteiger partial charge in [-0.1, -0.05) is 30.3 Å². The van der Waals surface area contributed by atoms with Crippen molar-refractivity contribution in [3.05, 3.63) is 136 Å². The number of aromatic hydroxyl groups is 9. The standard InChI is InChI=1S/C46H40O16/c1-59-34-11-4-18(14-32(34)55)41-33(56)17-25-44(60-41)37-35(23-7-5-21(47)15-28(23)51)40(58)43(20-3-10-27(50)31(54)13-20)62-46(37)38-36(24-8-6-22(48)16-29(24)52)39(57)42(61-45(25)38)19-2-9-26(49)30(53)12-19/h2-16,33,35-36,39-43,47-58H,17H2,1H3/t33-,35-,36-,39-,40-,41+,42+,43+/m0/s1. The lowest BCUT2D eigenvalue weighted by Crippen LogP contribution is -2.41. The maximum absolute atomic E-state index is 12.5. The van der Waals surface area contributed by atoms with E-state index in [2.05, 4.69) is 0 Å². The van der Waals surface area contributed by atoms with Gasteiger partial charge in [-0.2, -0.15) is 0 Å². The quantitative estimate of drug-likeness (QED) is 0.0943. The molecule has 0 saturated carbocycles.